The molecule has 2 nitrogen and oxygen atoms in total. The molecule has 0 unspecified atom stereocenters. The van der Waals surface area contributed by atoms with Gasteiger partial charge in [0.2, 0.25) is 0 Å². The molecule has 3 atom stereocenters. The Morgan fingerprint density at radius 3 is 2.16 bits per heavy atom. The maximum absolute atomic E-state index is 10.3. The highest BCUT2D eigenvalue weighted by molar-refractivity contribution is 6.74. The van der Waals surface area contributed by atoms with Gasteiger partial charge in [0, 0.05) is 18.4 Å². The van der Waals surface area contributed by atoms with Crippen LogP contribution in [0.5, 0.6) is 0 Å². The van der Waals surface area contributed by atoms with Crippen LogP contribution in [0.3, 0.4) is 0 Å². The molecule has 0 aromatic carbocycles. The van der Waals surface area contributed by atoms with Crippen LogP contribution in [0.1, 0.15) is 48.0 Å². The predicted molar refractivity (Wildman–Crippen MR) is 86.9 cm³/mol. The maximum atomic E-state index is 10.3. The van der Waals surface area contributed by atoms with Gasteiger partial charge in [-0.2, -0.15) is 0 Å². The average molecular weight is 287 g/mol. The highest BCUT2D eigenvalue weighted by Gasteiger charge is 2.37. The Bertz CT molecular complexity index is 279. The molecule has 0 spiro atoms. The van der Waals surface area contributed by atoms with Crippen LogP contribution in [0, 0.1) is 11.8 Å². The summed E-state index contributed by atoms with van der Waals surface area (Å²) in [6.45, 7) is 18.2. The Kier molecular flexibility index (Phi) is 7.55. The number of aliphatic hydroxyl groups is 1. The Morgan fingerprint density at radius 2 is 1.74 bits per heavy atom. The molecular weight excluding hydrogens is 252 g/mol. The summed E-state index contributed by atoms with van der Waals surface area (Å²) < 4.78 is 6.19. The van der Waals surface area contributed by atoms with Crippen molar-refractivity contribution in [2.24, 2.45) is 11.8 Å². The summed E-state index contributed by atoms with van der Waals surface area (Å²) in [4.78, 5) is 0. The van der Waals surface area contributed by atoms with E-state index in [4.69, 9.17) is 4.43 Å². The second kappa shape index (κ2) is 7.60. The van der Waals surface area contributed by atoms with E-state index in [2.05, 4.69) is 66.8 Å². The fraction of sp³-hybridized carbons (Fsp3) is 0.875. The lowest BCUT2D eigenvalue weighted by Gasteiger charge is -2.37. The zero-order valence-corrected chi connectivity index (χ0v) is 15.2. The Labute approximate surface area is 121 Å². The fourth-order valence-electron chi connectivity index (χ4n) is 1.64. The van der Waals surface area contributed by atoms with E-state index in [-0.39, 0.29) is 23.0 Å². The lowest BCUT2D eigenvalue weighted by Crippen LogP contribution is -2.43. The van der Waals surface area contributed by atoms with Crippen molar-refractivity contribution in [2.45, 2.75) is 72.2 Å². The number of hydrogen-bond donors (Lipinski definition) is 1. The van der Waals surface area contributed by atoms with Crippen LogP contribution in [-0.2, 0) is 4.43 Å². The first-order valence-electron chi connectivity index (χ1n) is 7.51. The van der Waals surface area contributed by atoms with Gasteiger partial charge in [0.1, 0.15) is 0 Å². The SMILES string of the molecule is CC/C=C\[C@H](C)[C@@H](O)[C@H](C)CO[Si](C)(C)C(C)(C)C. The molecule has 0 heterocycles. The lowest BCUT2D eigenvalue weighted by atomic mass is 9.93. The Hall–Kier alpha value is -0.123. The lowest BCUT2D eigenvalue weighted by molar-refractivity contribution is 0.0539. The summed E-state index contributed by atoms with van der Waals surface area (Å²) >= 11 is 0. The van der Waals surface area contributed by atoms with E-state index in [1.807, 2.05) is 0 Å². The van der Waals surface area contributed by atoms with E-state index in [1.54, 1.807) is 0 Å². The summed E-state index contributed by atoms with van der Waals surface area (Å²) in [5.74, 6) is 0.364. The monoisotopic (exact) mass is 286 g/mol. The molecule has 0 amide bonds. The minimum atomic E-state index is -1.70. The van der Waals surface area contributed by atoms with Crippen molar-refractivity contribution in [3.63, 3.8) is 0 Å². The number of rotatable bonds is 7. The number of aliphatic hydroxyl groups excluding tert-OH is 1. The Balaban J connectivity index is 4.39. The summed E-state index contributed by atoms with van der Waals surface area (Å²) in [7, 11) is -1.70. The van der Waals surface area contributed by atoms with Crippen LogP contribution < -0.4 is 0 Å². The van der Waals surface area contributed by atoms with Crippen LogP contribution in [0.25, 0.3) is 0 Å². The van der Waals surface area contributed by atoms with Gasteiger partial charge in [-0.05, 0) is 24.6 Å². The molecule has 0 rings (SSSR count). The standard InChI is InChI=1S/C16H34O2Si/c1-9-10-11-13(2)15(17)14(3)12-18-19(7,8)16(4,5)6/h10-11,13-15,17H,9,12H2,1-8H3/b11-10-/t13-,14+,15+/m0/s1. The van der Waals surface area contributed by atoms with Crippen LogP contribution in [0.15, 0.2) is 12.2 Å². The molecule has 0 aliphatic carbocycles. The molecule has 0 aliphatic heterocycles. The largest absolute Gasteiger partial charge is 0.416 e. The molecule has 0 bridgehead atoms. The molecule has 0 saturated heterocycles. The van der Waals surface area contributed by atoms with Gasteiger partial charge in [-0.3, -0.25) is 0 Å². The van der Waals surface area contributed by atoms with E-state index in [1.165, 1.54) is 0 Å². The van der Waals surface area contributed by atoms with Gasteiger partial charge in [-0.25, -0.2) is 0 Å². The quantitative estimate of drug-likeness (QED) is 0.547. The second-order valence-corrected chi connectivity index (χ2v) is 12.0. The second-order valence-electron chi connectivity index (χ2n) is 7.23. The first-order chi connectivity index (χ1) is 8.53. The normalized spacial score (nSPS) is 18.6. The van der Waals surface area contributed by atoms with Crippen LogP contribution in [0.2, 0.25) is 18.1 Å². The molecule has 0 fully saturated rings. The van der Waals surface area contributed by atoms with Gasteiger partial charge in [-0.1, -0.05) is 53.7 Å². The van der Waals surface area contributed by atoms with E-state index >= 15 is 0 Å². The van der Waals surface area contributed by atoms with Gasteiger partial charge in [0.05, 0.1) is 6.10 Å². The predicted octanol–water partition coefficient (Wildman–Crippen LogP) is 4.61. The third kappa shape index (κ3) is 6.24. The fourth-order valence-corrected chi connectivity index (χ4v) is 2.75. The van der Waals surface area contributed by atoms with Gasteiger partial charge >= 0.3 is 0 Å². The molecule has 1 N–H and O–H groups in total. The molecule has 114 valence electrons. The summed E-state index contributed by atoms with van der Waals surface area (Å²) in [6.07, 6.45) is 4.92. The molecule has 0 aliphatic rings. The molecule has 0 aromatic rings. The topological polar surface area (TPSA) is 29.5 Å². The number of allylic oxidation sites excluding steroid dienone is 1. The van der Waals surface area contributed by atoms with Crippen LogP contribution in [-0.4, -0.2) is 26.1 Å². The zero-order valence-electron chi connectivity index (χ0n) is 14.2. The molecule has 0 radical (unpaired) electrons. The van der Waals surface area contributed by atoms with E-state index < -0.39 is 8.32 Å². The third-order valence-corrected chi connectivity index (χ3v) is 8.81. The Morgan fingerprint density at radius 1 is 1.21 bits per heavy atom. The minimum Gasteiger partial charge on any atom is -0.416 e. The van der Waals surface area contributed by atoms with Crippen molar-refractivity contribution < 1.29 is 9.53 Å². The van der Waals surface area contributed by atoms with Crippen molar-refractivity contribution in [2.75, 3.05) is 6.61 Å². The highest BCUT2D eigenvalue weighted by atomic mass is 28.4. The minimum absolute atomic E-state index is 0.172. The van der Waals surface area contributed by atoms with E-state index in [0.717, 1.165) is 6.42 Å². The third-order valence-electron chi connectivity index (χ3n) is 4.31. The van der Waals surface area contributed by atoms with Crippen molar-refractivity contribution in [3.05, 3.63) is 12.2 Å². The number of hydrogen-bond acceptors (Lipinski definition) is 2. The van der Waals surface area contributed by atoms with Gasteiger partial charge in [-0.15, -0.1) is 0 Å². The van der Waals surface area contributed by atoms with E-state index in [9.17, 15) is 5.11 Å². The zero-order chi connectivity index (χ0) is 15.3. The highest BCUT2D eigenvalue weighted by Crippen LogP contribution is 2.37. The first kappa shape index (κ1) is 18.9. The average Bonchev–Trinajstić information content (AvgIpc) is 2.30. The van der Waals surface area contributed by atoms with Gasteiger partial charge in [0.15, 0.2) is 8.32 Å². The molecule has 3 heteroatoms. The van der Waals surface area contributed by atoms with E-state index in [0.29, 0.717) is 6.61 Å². The molecule has 0 aromatic heterocycles. The van der Waals surface area contributed by atoms with Crippen molar-refractivity contribution >= 4 is 8.32 Å². The summed E-state index contributed by atoms with van der Waals surface area (Å²) in [5, 5.41) is 10.5. The first-order valence-corrected chi connectivity index (χ1v) is 10.4. The van der Waals surface area contributed by atoms with Crippen LogP contribution >= 0.6 is 0 Å². The van der Waals surface area contributed by atoms with Gasteiger partial charge in [0.25, 0.3) is 0 Å². The van der Waals surface area contributed by atoms with Crippen molar-refractivity contribution in [1.29, 1.82) is 0 Å². The smallest absolute Gasteiger partial charge is 0.191 e. The molecular formula is C16H34O2Si. The van der Waals surface area contributed by atoms with Crippen molar-refractivity contribution in [1.82, 2.24) is 0 Å². The molecule has 19 heavy (non-hydrogen) atoms. The summed E-state index contributed by atoms with van der Waals surface area (Å²) in [5.41, 5.74) is 0. The van der Waals surface area contributed by atoms with Crippen molar-refractivity contribution in [3.8, 4) is 0 Å². The van der Waals surface area contributed by atoms with Gasteiger partial charge < -0.3 is 9.53 Å². The van der Waals surface area contributed by atoms with Crippen LogP contribution in [0.4, 0.5) is 0 Å². The summed E-state index contributed by atoms with van der Waals surface area (Å²) in [6, 6.07) is 0. The molecule has 0 saturated carbocycles. The maximum Gasteiger partial charge on any atom is 0.191 e.